The number of aryl methyl sites for hydroxylation is 1. The third-order valence-electron chi connectivity index (χ3n) is 3.97. The molecule has 0 spiro atoms. The number of halogens is 3. The lowest BCUT2D eigenvalue weighted by Crippen LogP contribution is -2.38. The molecule has 1 aliphatic rings. The molecular weight excluding hydrogens is 455 g/mol. The van der Waals surface area contributed by atoms with E-state index < -0.39 is 6.61 Å². The Bertz CT molecular complexity index is 567. The Morgan fingerprint density at radius 2 is 2.19 bits per heavy atom. The van der Waals surface area contributed by atoms with Crippen LogP contribution in [-0.2, 0) is 11.3 Å². The van der Waals surface area contributed by atoms with E-state index in [9.17, 15) is 8.78 Å². The van der Waals surface area contributed by atoms with Crippen LogP contribution < -0.4 is 15.4 Å². The van der Waals surface area contributed by atoms with E-state index in [0.717, 1.165) is 44.5 Å². The second-order valence-corrected chi connectivity index (χ2v) is 6.04. The van der Waals surface area contributed by atoms with E-state index in [1.54, 1.807) is 12.1 Å². The Labute approximate surface area is 171 Å². The predicted octanol–water partition coefficient (Wildman–Crippen LogP) is 3.84. The van der Waals surface area contributed by atoms with Crippen molar-refractivity contribution in [3.8, 4) is 5.75 Å². The summed E-state index contributed by atoms with van der Waals surface area (Å²) in [5.41, 5.74) is 1.61. The first-order valence-corrected chi connectivity index (χ1v) is 8.76. The van der Waals surface area contributed by atoms with Crippen molar-refractivity contribution in [3.05, 3.63) is 29.3 Å². The molecule has 26 heavy (non-hydrogen) atoms. The molecule has 1 fully saturated rings. The second kappa shape index (κ2) is 12.3. The normalized spacial score (nSPS) is 17.1. The van der Waals surface area contributed by atoms with Crippen molar-refractivity contribution in [1.29, 1.82) is 0 Å². The van der Waals surface area contributed by atoms with Gasteiger partial charge in [0.15, 0.2) is 5.96 Å². The third kappa shape index (κ3) is 8.03. The van der Waals surface area contributed by atoms with Gasteiger partial charge in [-0.3, -0.25) is 0 Å². The van der Waals surface area contributed by atoms with E-state index in [1.807, 2.05) is 19.9 Å². The summed E-state index contributed by atoms with van der Waals surface area (Å²) in [6.45, 7) is 3.63. The Kier molecular flexibility index (Phi) is 10.8. The van der Waals surface area contributed by atoms with Crippen molar-refractivity contribution in [2.45, 2.75) is 52.4 Å². The molecule has 8 heteroatoms. The molecule has 1 saturated heterocycles. The molecule has 1 aromatic carbocycles. The molecule has 1 heterocycles. The van der Waals surface area contributed by atoms with E-state index in [-0.39, 0.29) is 36.3 Å². The minimum Gasteiger partial charge on any atom is -0.434 e. The smallest absolute Gasteiger partial charge is 0.387 e. The topological polar surface area (TPSA) is 54.9 Å². The number of rotatable bonds is 8. The quantitative estimate of drug-likeness (QED) is 0.335. The lowest BCUT2D eigenvalue weighted by atomic mass is 10.1. The SMILES string of the molecule is CCNC(=NCc1cc(C)ccc1OC(F)F)NCCC1CCCO1.I. The fraction of sp³-hybridized carbons (Fsp3) is 0.611. The maximum absolute atomic E-state index is 12.5. The van der Waals surface area contributed by atoms with E-state index in [2.05, 4.69) is 20.4 Å². The van der Waals surface area contributed by atoms with Gasteiger partial charge in [0.1, 0.15) is 5.75 Å². The zero-order valence-electron chi connectivity index (χ0n) is 15.3. The summed E-state index contributed by atoms with van der Waals surface area (Å²) in [6.07, 6.45) is 3.47. The molecule has 0 bridgehead atoms. The molecule has 0 aromatic heterocycles. The summed E-state index contributed by atoms with van der Waals surface area (Å²) >= 11 is 0. The maximum Gasteiger partial charge on any atom is 0.387 e. The van der Waals surface area contributed by atoms with Gasteiger partial charge in [-0.25, -0.2) is 4.99 Å². The Morgan fingerprint density at radius 3 is 2.85 bits per heavy atom. The summed E-state index contributed by atoms with van der Waals surface area (Å²) in [7, 11) is 0. The molecule has 148 valence electrons. The van der Waals surface area contributed by atoms with Gasteiger partial charge in [-0.05, 0) is 39.2 Å². The summed E-state index contributed by atoms with van der Waals surface area (Å²) in [5.74, 6) is 0.824. The number of benzene rings is 1. The van der Waals surface area contributed by atoms with Crippen LogP contribution in [0.4, 0.5) is 8.78 Å². The Hall–Kier alpha value is -1.16. The zero-order valence-corrected chi connectivity index (χ0v) is 17.6. The average Bonchev–Trinajstić information content (AvgIpc) is 3.08. The number of hydrogen-bond acceptors (Lipinski definition) is 3. The van der Waals surface area contributed by atoms with Crippen molar-refractivity contribution in [3.63, 3.8) is 0 Å². The molecule has 0 amide bonds. The van der Waals surface area contributed by atoms with Crippen LogP contribution in [0.15, 0.2) is 23.2 Å². The number of aliphatic imine (C=N–C) groups is 1. The summed E-state index contributed by atoms with van der Waals surface area (Å²) in [6, 6.07) is 5.12. The number of ether oxygens (including phenoxy) is 2. The number of nitrogens with zero attached hydrogens (tertiary/aromatic N) is 1. The standard InChI is InChI=1S/C18H27F2N3O2.HI/c1-3-21-18(22-9-8-15-5-4-10-24-15)23-12-14-11-13(2)6-7-16(14)25-17(19)20;/h6-7,11,15,17H,3-5,8-10,12H2,1-2H3,(H2,21,22,23);1H. The molecule has 0 aliphatic carbocycles. The summed E-state index contributed by atoms with van der Waals surface area (Å²) in [4.78, 5) is 4.49. The van der Waals surface area contributed by atoms with Crippen LogP contribution in [0, 0.1) is 6.92 Å². The van der Waals surface area contributed by atoms with E-state index in [0.29, 0.717) is 17.6 Å². The number of hydrogen-bond donors (Lipinski definition) is 2. The van der Waals surface area contributed by atoms with Gasteiger partial charge in [0.2, 0.25) is 0 Å². The first-order chi connectivity index (χ1) is 12.1. The molecule has 1 aromatic rings. The minimum atomic E-state index is -2.84. The predicted molar refractivity (Wildman–Crippen MR) is 110 cm³/mol. The monoisotopic (exact) mass is 483 g/mol. The molecular formula is C18H28F2IN3O2. The van der Waals surface area contributed by atoms with Crippen LogP contribution in [0.2, 0.25) is 0 Å². The van der Waals surface area contributed by atoms with Crippen LogP contribution in [-0.4, -0.2) is 38.4 Å². The Balaban J connectivity index is 0.00000338. The lowest BCUT2D eigenvalue weighted by Gasteiger charge is -2.14. The summed E-state index contributed by atoms with van der Waals surface area (Å²) < 4.78 is 35.3. The first kappa shape index (κ1) is 22.9. The molecule has 2 rings (SSSR count). The van der Waals surface area contributed by atoms with Crippen LogP contribution in [0.5, 0.6) is 5.75 Å². The molecule has 1 atom stereocenters. The van der Waals surface area contributed by atoms with E-state index in [4.69, 9.17) is 4.74 Å². The molecule has 1 unspecified atom stereocenters. The highest BCUT2D eigenvalue weighted by Gasteiger charge is 2.15. The van der Waals surface area contributed by atoms with Crippen molar-refractivity contribution < 1.29 is 18.3 Å². The van der Waals surface area contributed by atoms with Crippen LogP contribution in [0.1, 0.15) is 37.3 Å². The van der Waals surface area contributed by atoms with Gasteiger partial charge in [-0.1, -0.05) is 17.7 Å². The van der Waals surface area contributed by atoms with Crippen molar-refractivity contribution in [2.75, 3.05) is 19.7 Å². The fourth-order valence-electron chi connectivity index (χ4n) is 2.77. The van der Waals surface area contributed by atoms with Gasteiger partial charge in [-0.2, -0.15) is 8.78 Å². The van der Waals surface area contributed by atoms with Gasteiger partial charge < -0.3 is 20.1 Å². The largest absolute Gasteiger partial charge is 0.434 e. The van der Waals surface area contributed by atoms with E-state index >= 15 is 0 Å². The van der Waals surface area contributed by atoms with Crippen LogP contribution in [0.25, 0.3) is 0 Å². The van der Waals surface area contributed by atoms with Gasteiger partial charge in [0.25, 0.3) is 0 Å². The fourth-order valence-corrected chi connectivity index (χ4v) is 2.77. The third-order valence-corrected chi connectivity index (χ3v) is 3.97. The van der Waals surface area contributed by atoms with Crippen LogP contribution >= 0.6 is 24.0 Å². The highest BCUT2D eigenvalue weighted by atomic mass is 127. The van der Waals surface area contributed by atoms with Crippen molar-refractivity contribution in [2.24, 2.45) is 4.99 Å². The molecule has 1 aliphatic heterocycles. The second-order valence-electron chi connectivity index (χ2n) is 6.04. The van der Waals surface area contributed by atoms with E-state index in [1.165, 1.54) is 0 Å². The molecule has 0 radical (unpaired) electrons. The van der Waals surface area contributed by atoms with Gasteiger partial charge >= 0.3 is 6.61 Å². The van der Waals surface area contributed by atoms with Gasteiger partial charge in [-0.15, -0.1) is 24.0 Å². The van der Waals surface area contributed by atoms with Gasteiger partial charge in [0.05, 0.1) is 12.6 Å². The number of alkyl halides is 2. The van der Waals surface area contributed by atoms with Gasteiger partial charge in [0, 0.05) is 25.3 Å². The van der Waals surface area contributed by atoms with Crippen LogP contribution in [0.3, 0.4) is 0 Å². The van der Waals surface area contributed by atoms with Crippen molar-refractivity contribution >= 4 is 29.9 Å². The summed E-state index contributed by atoms with van der Waals surface area (Å²) in [5, 5.41) is 6.42. The first-order valence-electron chi connectivity index (χ1n) is 8.76. The Morgan fingerprint density at radius 1 is 1.38 bits per heavy atom. The lowest BCUT2D eigenvalue weighted by molar-refractivity contribution is -0.0504. The zero-order chi connectivity index (χ0) is 18.1. The average molecular weight is 483 g/mol. The maximum atomic E-state index is 12.5. The minimum absolute atomic E-state index is 0. The highest BCUT2D eigenvalue weighted by molar-refractivity contribution is 14.0. The molecule has 2 N–H and O–H groups in total. The highest BCUT2D eigenvalue weighted by Crippen LogP contribution is 2.23. The van der Waals surface area contributed by atoms with Crippen molar-refractivity contribution in [1.82, 2.24) is 10.6 Å². The number of guanidine groups is 1. The molecule has 5 nitrogen and oxygen atoms in total. The number of nitrogens with one attached hydrogen (secondary N) is 2. The molecule has 0 saturated carbocycles.